The van der Waals surface area contributed by atoms with Gasteiger partial charge in [0.15, 0.2) is 0 Å². The first-order valence-corrected chi connectivity index (χ1v) is 8.66. The van der Waals surface area contributed by atoms with Gasteiger partial charge in [0.2, 0.25) is 0 Å². The van der Waals surface area contributed by atoms with Crippen LogP contribution in [0.15, 0.2) is 27.8 Å². The Labute approximate surface area is 120 Å². The van der Waals surface area contributed by atoms with Crippen molar-refractivity contribution in [2.75, 3.05) is 19.6 Å². The van der Waals surface area contributed by atoms with E-state index in [1.807, 2.05) is 26.2 Å². The lowest BCUT2D eigenvalue weighted by atomic mass is 10.3. The third-order valence-electron chi connectivity index (χ3n) is 2.60. The summed E-state index contributed by atoms with van der Waals surface area (Å²) in [6, 6.07) is 1.75. The summed E-state index contributed by atoms with van der Waals surface area (Å²) in [6.07, 6.45) is 0. The molecule has 0 saturated carbocycles. The Morgan fingerprint density at radius 3 is 2.68 bits per heavy atom. The molecular weight excluding hydrogens is 280 g/mol. The minimum absolute atomic E-state index is 0.374. The van der Waals surface area contributed by atoms with Crippen molar-refractivity contribution in [3.05, 3.63) is 29.2 Å². The van der Waals surface area contributed by atoms with Crippen LogP contribution >= 0.6 is 11.3 Å². The second-order valence-electron chi connectivity index (χ2n) is 4.44. The molecule has 0 aromatic carbocycles. The van der Waals surface area contributed by atoms with Crippen molar-refractivity contribution in [2.24, 2.45) is 0 Å². The quantitative estimate of drug-likeness (QED) is 0.750. The highest BCUT2D eigenvalue weighted by molar-refractivity contribution is 7.91. The monoisotopic (exact) mass is 302 g/mol. The van der Waals surface area contributed by atoms with Crippen LogP contribution in [0.3, 0.4) is 0 Å². The van der Waals surface area contributed by atoms with E-state index in [9.17, 15) is 8.42 Å². The summed E-state index contributed by atoms with van der Waals surface area (Å²) in [7, 11) is -3.39. The van der Waals surface area contributed by atoms with Gasteiger partial charge >= 0.3 is 0 Å². The fourth-order valence-electron chi connectivity index (χ4n) is 1.65. The Bertz CT molecular complexity index is 521. The van der Waals surface area contributed by atoms with Crippen LogP contribution in [-0.2, 0) is 16.6 Å². The molecule has 0 fully saturated rings. The lowest BCUT2D eigenvalue weighted by Crippen LogP contribution is -2.31. The number of hydrogen-bond donors (Lipinski definition) is 1. The highest BCUT2D eigenvalue weighted by atomic mass is 32.2. The van der Waals surface area contributed by atoms with Gasteiger partial charge in [0, 0.05) is 19.6 Å². The van der Waals surface area contributed by atoms with Crippen LogP contribution in [0.4, 0.5) is 0 Å². The Balaban J connectivity index is 2.92. The zero-order valence-electron chi connectivity index (χ0n) is 11.8. The summed E-state index contributed by atoms with van der Waals surface area (Å²) in [6.45, 7) is 11.9. The maximum Gasteiger partial charge on any atom is 0.252 e. The smallest absolute Gasteiger partial charge is 0.252 e. The molecule has 6 heteroatoms. The van der Waals surface area contributed by atoms with E-state index < -0.39 is 10.0 Å². The molecule has 0 bridgehead atoms. The van der Waals surface area contributed by atoms with Gasteiger partial charge in [0.05, 0.1) is 0 Å². The van der Waals surface area contributed by atoms with Gasteiger partial charge in [-0.3, -0.25) is 0 Å². The van der Waals surface area contributed by atoms with Crippen LogP contribution in [-0.4, -0.2) is 32.4 Å². The number of thiophene rings is 1. The van der Waals surface area contributed by atoms with Gasteiger partial charge in [-0.2, -0.15) is 4.31 Å². The average Bonchev–Trinajstić information content (AvgIpc) is 2.82. The lowest BCUT2D eigenvalue weighted by Gasteiger charge is -2.19. The zero-order chi connectivity index (χ0) is 14.5. The minimum atomic E-state index is -3.39. The molecule has 1 rings (SSSR count). The standard InChI is InChI=1S/C13H22N2O2S2/c1-5-14-8-12-7-13(18-10-12)19(16,17)15(6-2)9-11(3)4/h7,10,14H,3,5-6,8-9H2,1-2,4H3. The van der Waals surface area contributed by atoms with Gasteiger partial charge in [-0.1, -0.05) is 26.0 Å². The topological polar surface area (TPSA) is 49.4 Å². The van der Waals surface area contributed by atoms with E-state index in [4.69, 9.17) is 0 Å². The molecule has 108 valence electrons. The number of rotatable bonds is 8. The first-order valence-electron chi connectivity index (χ1n) is 6.34. The number of nitrogens with zero attached hydrogens (tertiary/aromatic N) is 1. The molecule has 0 amide bonds. The van der Waals surface area contributed by atoms with E-state index >= 15 is 0 Å². The van der Waals surface area contributed by atoms with Crippen LogP contribution in [0, 0.1) is 0 Å². The van der Waals surface area contributed by atoms with Crippen LogP contribution in [0.2, 0.25) is 0 Å². The van der Waals surface area contributed by atoms with Crippen molar-refractivity contribution in [3.8, 4) is 0 Å². The predicted molar refractivity (Wildman–Crippen MR) is 80.9 cm³/mol. The van der Waals surface area contributed by atoms with Gasteiger partial charge in [-0.25, -0.2) is 8.42 Å². The van der Waals surface area contributed by atoms with Gasteiger partial charge in [0.1, 0.15) is 4.21 Å². The van der Waals surface area contributed by atoms with Crippen molar-refractivity contribution >= 4 is 21.4 Å². The van der Waals surface area contributed by atoms with Gasteiger partial charge in [-0.05, 0) is 30.5 Å². The number of hydrogen-bond acceptors (Lipinski definition) is 4. The molecule has 0 atom stereocenters. The molecule has 0 radical (unpaired) electrons. The summed E-state index contributed by atoms with van der Waals surface area (Å²) < 4.78 is 26.8. The van der Waals surface area contributed by atoms with Crippen LogP contribution in [0.1, 0.15) is 26.3 Å². The zero-order valence-corrected chi connectivity index (χ0v) is 13.4. The highest BCUT2D eigenvalue weighted by Crippen LogP contribution is 2.24. The van der Waals surface area contributed by atoms with Crippen molar-refractivity contribution in [1.82, 2.24) is 9.62 Å². The first kappa shape index (κ1) is 16.4. The molecule has 0 aliphatic rings. The van der Waals surface area contributed by atoms with Crippen LogP contribution in [0.5, 0.6) is 0 Å². The number of nitrogens with one attached hydrogen (secondary N) is 1. The normalized spacial score (nSPS) is 12.0. The molecule has 0 spiro atoms. The van der Waals surface area contributed by atoms with Crippen molar-refractivity contribution in [3.63, 3.8) is 0 Å². The predicted octanol–water partition coefficient (Wildman–Crippen LogP) is 2.44. The lowest BCUT2D eigenvalue weighted by molar-refractivity contribution is 0.454. The Kier molecular flexibility index (Phi) is 6.19. The maximum atomic E-state index is 12.5. The van der Waals surface area contributed by atoms with E-state index in [-0.39, 0.29) is 0 Å². The van der Waals surface area contributed by atoms with Crippen LogP contribution < -0.4 is 5.32 Å². The van der Waals surface area contributed by atoms with Gasteiger partial charge in [-0.15, -0.1) is 11.3 Å². The van der Waals surface area contributed by atoms with E-state index in [1.54, 1.807) is 6.07 Å². The van der Waals surface area contributed by atoms with Crippen molar-refractivity contribution in [2.45, 2.75) is 31.5 Å². The fourth-order valence-corrected chi connectivity index (χ4v) is 4.52. The van der Waals surface area contributed by atoms with Crippen molar-refractivity contribution in [1.29, 1.82) is 0 Å². The average molecular weight is 302 g/mol. The molecule has 1 N–H and O–H groups in total. The Morgan fingerprint density at radius 1 is 1.47 bits per heavy atom. The summed E-state index contributed by atoms with van der Waals surface area (Å²) in [5, 5.41) is 5.08. The summed E-state index contributed by atoms with van der Waals surface area (Å²) in [4.78, 5) is 0. The summed E-state index contributed by atoms with van der Waals surface area (Å²) in [5.74, 6) is 0. The summed E-state index contributed by atoms with van der Waals surface area (Å²) >= 11 is 1.28. The number of likely N-dealkylation sites (N-methyl/N-ethyl adjacent to an activating group) is 1. The van der Waals surface area contributed by atoms with E-state index in [1.165, 1.54) is 15.6 Å². The van der Waals surface area contributed by atoms with E-state index in [2.05, 4.69) is 11.9 Å². The minimum Gasteiger partial charge on any atom is -0.313 e. The Morgan fingerprint density at radius 2 is 2.16 bits per heavy atom. The fraction of sp³-hybridized carbons (Fsp3) is 0.538. The second kappa shape index (κ2) is 7.19. The third kappa shape index (κ3) is 4.42. The van der Waals surface area contributed by atoms with Crippen molar-refractivity contribution < 1.29 is 8.42 Å². The van der Waals surface area contributed by atoms with Gasteiger partial charge < -0.3 is 5.32 Å². The van der Waals surface area contributed by atoms with Gasteiger partial charge in [0.25, 0.3) is 10.0 Å². The molecule has 1 heterocycles. The number of sulfonamides is 1. The molecule has 19 heavy (non-hydrogen) atoms. The first-order chi connectivity index (χ1) is 8.91. The van der Waals surface area contributed by atoms with E-state index in [0.717, 1.165) is 17.7 Å². The maximum absolute atomic E-state index is 12.5. The Hall–Kier alpha value is -0.690. The molecule has 0 aliphatic heterocycles. The third-order valence-corrected chi connectivity index (χ3v) is 5.99. The largest absolute Gasteiger partial charge is 0.313 e. The SMILES string of the molecule is C=C(C)CN(CC)S(=O)(=O)c1cc(CNCC)cs1. The summed E-state index contributed by atoms with van der Waals surface area (Å²) in [5.41, 5.74) is 1.85. The molecular formula is C13H22N2O2S2. The molecule has 0 unspecified atom stereocenters. The second-order valence-corrected chi connectivity index (χ2v) is 7.52. The molecule has 1 aromatic rings. The molecule has 0 aliphatic carbocycles. The molecule has 0 saturated heterocycles. The molecule has 1 aromatic heterocycles. The van der Waals surface area contributed by atoms with Crippen LogP contribution in [0.25, 0.3) is 0 Å². The highest BCUT2D eigenvalue weighted by Gasteiger charge is 2.24. The molecule has 4 nitrogen and oxygen atoms in total. The van der Waals surface area contributed by atoms with E-state index in [0.29, 0.717) is 23.8 Å².